The molecule has 34 heavy (non-hydrogen) atoms. The molecule has 0 spiro atoms. The molecule has 1 heterocycles. The Hall–Kier alpha value is -2.43. The van der Waals surface area contributed by atoms with Gasteiger partial charge in [0.05, 0.1) is 5.92 Å². The Morgan fingerprint density at radius 2 is 1.56 bits per heavy atom. The predicted octanol–water partition coefficient (Wildman–Crippen LogP) is 1.48. The van der Waals surface area contributed by atoms with Crippen LogP contribution >= 0.6 is 0 Å². The number of esters is 1. The fraction of sp³-hybridized carbons (Fsp3) is 0.783. The van der Waals surface area contributed by atoms with Crippen LogP contribution in [0.5, 0.6) is 0 Å². The number of carbonyl (C=O) groups is 4. The Kier molecular flexibility index (Phi) is 13.5. The van der Waals surface area contributed by atoms with Gasteiger partial charge in [0, 0.05) is 39.2 Å². The zero-order chi connectivity index (χ0) is 25.6. The smallest absolute Gasteiger partial charge is 0.360 e. The highest BCUT2D eigenvalue weighted by Crippen LogP contribution is 2.23. The number of carbonyl (C=O) groups excluding carboxylic acids is 4. The van der Waals surface area contributed by atoms with Crippen molar-refractivity contribution in [2.24, 2.45) is 16.6 Å². The molecular formula is C23H41BN4O6. The van der Waals surface area contributed by atoms with E-state index in [0.717, 1.165) is 12.6 Å². The molecule has 0 aromatic rings. The van der Waals surface area contributed by atoms with Gasteiger partial charge in [-0.25, -0.2) is 0 Å². The molecular weight excluding hydrogens is 439 g/mol. The average molecular weight is 480 g/mol. The number of hydrogen-bond acceptors (Lipinski definition) is 8. The molecule has 4 N–H and O–H groups in total. The van der Waals surface area contributed by atoms with Gasteiger partial charge in [-0.1, -0.05) is 0 Å². The van der Waals surface area contributed by atoms with Crippen molar-refractivity contribution in [1.82, 2.24) is 10.6 Å². The first-order valence-corrected chi connectivity index (χ1v) is 12.2. The molecule has 1 aliphatic rings. The number of amides is 2. The van der Waals surface area contributed by atoms with Gasteiger partial charge in [0.1, 0.15) is 11.6 Å². The number of ether oxygens (including phenoxy) is 1. The first-order chi connectivity index (χ1) is 16.0. The first-order valence-electron chi connectivity index (χ1n) is 12.2. The molecule has 0 aromatic carbocycles. The number of nitrogens with two attached hydrogens (primary N) is 1. The molecule has 0 radical (unpaired) electrons. The topological polar surface area (TPSA) is 149 Å². The predicted molar refractivity (Wildman–Crippen MR) is 132 cm³/mol. The number of hydrogen-bond donors (Lipinski definition) is 3. The van der Waals surface area contributed by atoms with Crippen molar-refractivity contribution in [3.05, 3.63) is 0 Å². The summed E-state index contributed by atoms with van der Waals surface area (Å²) in [5, 5.41) is 5.54. The van der Waals surface area contributed by atoms with Crippen LogP contribution in [0, 0.1) is 5.92 Å². The summed E-state index contributed by atoms with van der Waals surface area (Å²) in [4.78, 5) is 51.7. The third-order valence-electron chi connectivity index (χ3n) is 5.01. The lowest BCUT2D eigenvalue weighted by atomic mass is 9.95. The summed E-state index contributed by atoms with van der Waals surface area (Å²) in [7, 11) is 1.61. The summed E-state index contributed by atoms with van der Waals surface area (Å²) in [6, 6.07) is -0.674. The van der Waals surface area contributed by atoms with Gasteiger partial charge in [-0.15, -0.1) is 0 Å². The summed E-state index contributed by atoms with van der Waals surface area (Å²) in [6.07, 6.45) is 6.63. The average Bonchev–Trinajstić information content (AvgIpc) is 3.56. The Morgan fingerprint density at radius 1 is 0.971 bits per heavy atom. The van der Waals surface area contributed by atoms with Crippen LogP contribution in [-0.2, 0) is 28.6 Å². The second kappa shape index (κ2) is 15.5. The van der Waals surface area contributed by atoms with E-state index in [4.69, 9.17) is 15.1 Å². The van der Waals surface area contributed by atoms with Crippen molar-refractivity contribution >= 4 is 36.9 Å². The number of nitrogens with zero attached hydrogens (tertiary/aromatic N) is 1. The second-order valence-electron chi connectivity index (χ2n) is 9.63. The van der Waals surface area contributed by atoms with Crippen molar-refractivity contribution in [2.75, 3.05) is 20.1 Å². The van der Waals surface area contributed by atoms with Crippen molar-refractivity contribution in [2.45, 2.75) is 90.0 Å². The minimum atomic E-state index is -0.674. The number of unbranched alkanes of at least 4 members (excludes halogenated alkanes) is 1. The largest absolute Gasteiger partial charge is 0.536 e. The molecule has 0 saturated carbocycles. The highest BCUT2D eigenvalue weighted by atomic mass is 16.6. The van der Waals surface area contributed by atoms with Crippen LogP contribution in [0.1, 0.15) is 65.7 Å². The second-order valence-corrected chi connectivity index (χ2v) is 9.63. The lowest BCUT2D eigenvalue weighted by molar-refractivity contribution is -0.156. The van der Waals surface area contributed by atoms with Gasteiger partial charge in [-0.3, -0.25) is 24.2 Å². The molecule has 192 valence electrons. The maximum Gasteiger partial charge on any atom is 0.360 e. The number of rotatable bonds is 16. The quantitative estimate of drug-likeness (QED) is 0.131. The van der Waals surface area contributed by atoms with Crippen LogP contribution in [0.15, 0.2) is 4.99 Å². The third-order valence-corrected chi connectivity index (χ3v) is 5.01. The molecule has 0 aromatic heterocycles. The van der Waals surface area contributed by atoms with E-state index in [2.05, 4.69) is 15.6 Å². The highest BCUT2D eigenvalue weighted by molar-refractivity contribution is 6.64. The summed E-state index contributed by atoms with van der Waals surface area (Å²) >= 11 is 0. The Morgan fingerprint density at radius 3 is 2.09 bits per heavy atom. The molecule has 2 atom stereocenters. The standard InChI is InChI=1S/C23H41BN4O6/c1-23(2,3)33-22(32)18(25)9-5-6-14-27-19(29)10-11-20(30)28-15-7-8-17(16-26-4)21(31)34-24-12-13-24/h16-18H,5-15,25H2,1-4H3,(H,27,29)(H,28,30)/b26-16+/t17?,18-/m1/s1. The zero-order valence-electron chi connectivity index (χ0n) is 21.1. The number of nitrogens with one attached hydrogen (secondary N) is 2. The van der Waals surface area contributed by atoms with Gasteiger partial charge in [0.15, 0.2) is 0 Å². The van der Waals surface area contributed by atoms with E-state index in [1.165, 1.54) is 0 Å². The maximum atomic E-state index is 12.1. The van der Waals surface area contributed by atoms with E-state index >= 15 is 0 Å². The van der Waals surface area contributed by atoms with Gasteiger partial charge in [-0.2, -0.15) is 0 Å². The summed E-state index contributed by atoms with van der Waals surface area (Å²) in [5.41, 5.74) is 5.26. The molecule has 1 unspecified atom stereocenters. The van der Waals surface area contributed by atoms with E-state index in [-0.39, 0.29) is 37.5 Å². The highest BCUT2D eigenvalue weighted by Gasteiger charge is 2.34. The fourth-order valence-corrected chi connectivity index (χ4v) is 3.04. The molecule has 1 fully saturated rings. The van der Waals surface area contributed by atoms with E-state index in [1.54, 1.807) is 34.0 Å². The van der Waals surface area contributed by atoms with Gasteiger partial charge in [0.2, 0.25) is 11.8 Å². The number of aliphatic imine (C=N–C) groups is 1. The van der Waals surface area contributed by atoms with Crippen molar-refractivity contribution in [1.29, 1.82) is 0 Å². The SMILES string of the molecule is C/N=C/C(CCCNC(=O)CCC(=O)NCCCC[C@@H](N)C(=O)OC(C)(C)C)C(=O)OB1CC1. The molecule has 1 saturated heterocycles. The molecule has 1 rings (SSSR count). The summed E-state index contributed by atoms with van der Waals surface area (Å²) in [5.74, 6) is -1.49. The van der Waals surface area contributed by atoms with E-state index in [9.17, 15) is 19.2 Å². The van der Waals surface area contributed by atoms with E-state index < -0.39 is 23.5 Å². The van der Waals surface area contributed by atoms with E-state index in [1.807, 2.05) is 0 Å². The lowest BCUT2D eigenvalue weighted by Gasteiger charge is -2.22. The van der Waals surface area contributed by atoms with Crippen molar-refractivity contribution in [3.8, 4) is 0 Å². The molecule has 11 heteroatoms. The third kappa shape index (κ3) is 14.7. The molecule has 1 aliphatic heterocycles. The molecule has 0 aliphatic carbocycles. The first kappa shape index (κ1) is 29.6. The van der Waals surface area contributed by atoms with Crippen LogP contribution in [0.25, 0.3) is 0 Å². The maximum absolute atomic E-state index is 12.1. The minimum absolute atomic E-state index is 0.0564. The molecule has 0 bridgehead atoms. The van der Waals surface area contributed by atoms with Crippen molar-refractivity contribution < 1.29 is 28.6 Å². The normalized spacial score (nSPS) is 14.9. The van der Waals surface area contributed by atoms with Crippen LogP contribution in [0.3, 0.4) is 0 Å². The van der Waals surface area contributed by atoms with Crippen LogP contribution in [-0.4, -0.2) is 68.7 Å². The molecule has 10 nitrogen and oxygen atoms in total. The summed E-state index contributed by atoms with van der Waals surface area (Å²) < 4.78 is 10.6. The Balaban J connectivity index is 2.08. The van der Waals surface area contributed by atoms with Gasteiger partial charge >= 0.3 is 12.9 Å². The lowest BCUT2D eigenvalue weighted by Crippen LogP contribution is -2.37. The Bertz CT molecular complexity index is 706. The Labute approximate surface area is 203 Å². The fourth-order valence-electron chi connectivity index (χ4n) is 3.04. The van der Waals surface area contributed by atoms with Gasteiger partial charge in [-0.05, 0) is 65.5 Å². The molecule has 2 amide bonds. The van der Waals surface area contributed by atoms with Gasteiger partial charge < -0.3 is 25.8 Å². The van der Waals surface area contributed by atoms with Crippen LogP contribution < -0.4 is 16.4 Å². The van der Waals surface area contributed by atoms with Gasteiger partial charge in [0.25, 0.3) is 5.97 Å². The van der Waals surface area contributed by atoms with Crippen LogP contribution in [0.2, 0.25) is 12.6 Å². The monoisotopic (exact) mass is 480 g/mol. The minimum Gasteiger partial charge on any atom is -0.536 e. The zero-order valence-corrected chi connectivity index (χ0v) is 21.1. The summed E-state index contributed by atoms with van der Waals surface area (Å²) in [6.45, 7) is 6.31. The van der Waals surface area contributed by atoms with Crippen molar-refractivity contribution in [3.63, 3.8) is 0 Å². The van der Waals surface area contributed by atoms with E-state index in [0.29, 0.717) is 45.2 Å². The van der Waals surface area contributed by atoms with Crippen LogP contribution in [0.4, 0.5) is 0 Å².